The molecule has 0 saturated heterocycles. The van der Waals surface area contributed by atoms with Crippen molar-refractivity contribution in [2.75, 3.05) is 7.11 Å². The molecule has 2 heterocycles. The molecule has 1 aromatic carbocycles. The molecule has 0 bridgehead atoms. The molecule has 28 heavy (non-hydrogen) atoms. The number of aromatic nitrogens is 1. The number of fused-ring (bicyclic) bond motifs is 3. The molecule has 1 aliphatic heterocycles. The van der Waals surface area contributed by atoms with E-state index in [0.29, 0.717) is 12.3 Å². The fourth-order valence-corrected chi connectivity index (χ4v) is 4.05. The molecule has 3 rings (SSSR count). The Morgan fingerprint density at radius 1 is 1.39 bits per heavy atom. The number of amides is 2. The molecule has 1 aromatic heterocycles. The summed E-state index contributed by atoms with van der Waals surface area (Å²) >= 11 is 0. The van der Waals surface area contributed by atoms with E-state index >= 15 is 0 Å². The van der Waals surface area contributed by atoms with Gasteiger partial charge in [0, 0.05) is 35.1 Å². The number of ether oxygens (including phenoxy) is 1. The van der Waals surface area contributed by atoms with Crippen molar-refractivity contribution in [3.63, 3.8) is 0 Å². The highest BCUT2D eigenvalue weighted by atomic mass is 16.5. The van der Waals surface area contributed by atoms with Gasteiger partial charge in [0.15, 0.2) is 0 Å². The molecule has 6 nitrogen and oxygen atoms in total. The molecule has 0 fully saturated rings. The molecule has 3 atom stereocenters. The van der Waals surface area contributed by atoms with E-state index in [2.05, 4.69) is 24.1 Å². The van der Waals surface area contributed by atoms with E-state index < -0.39 is 6.04 Å². The Hall–Kier alpha value is -2.50. The second-order valence-electron chi connectivity index (χ2n) is 8.16. The molecule has 3 unspecified atom stereocenters. The number of hydrogen-bond donors (Lipinski definition) is 2. The average Bonchev–Trinajstić information content (AvgIpc) is 3.04. The van der Waals surface area contributed by atoms with E-state index in [1.807, 2.05) is 32.0 Å². The van der Waals surface area contributed by atoms with Crippen LogP contribution in [0.25, 0.3) is 10.9 Å². The first-order valence-electron chi connectivity index (χ1n) is 10.1. The number of rotatable bonds is 7. The summed E-state index contributed by atoms with van der Waals surface area (Å²) in [7, 11) is 1.65. The van der Waals surface area contributed by atoms with Crippen molar-refractivity contribution in [2.45, 2.75) is 65.1 Å². The molecule has 2 N–H and O–H groups in total. The number of benzene rings is 1. The molecule has 0 spiro atoms. The van der Waals surface area contributed by atoms with Crippen LogP contribution in [0.4, 0.5) is 0 Å². The number of H-pyrrole nitrogens is 1. The molecule has 152 valence electrons. The maximum absolute atomic E-state index is 13.0. The minimum absolute atomic E-state index is 0.0799. The van der Waals surface area contributed by atoms with Crippen LogP contribution in [0.2, 0.25) is 0 Å². The zero-order valence-electron chi connectivity index (χ0n) is 17.4. The highest BCUT2D eigenvalue weighted by Crippen LogP contribution is 2.40. The zero-order chi connectivity index (χ0) is 20.4. The van der Waals surface area contributed by atoms with Gasteiger partial charge in [-0.25, -0.2) is 0 Å². The van der Waals surface area contributed by atoms with Crippen LogP contribution in [0.3, 0.4) is 0 Å². The van der Waals surface area contributed by atoms with Crippen LogP contribution >= 0.6 is 0 Å². The second-order valence-corrected chi connectivity index (χ2v) is 8.16. The SMILES string of the molecule is CCC(C)NC(=O)C1Cc2c([nH]c3cc(OC)ccc23)C(CC(C)C)N1C=O. The van der Waals surface area contributed by atoms with Gasteiger partial charge in [-0.1, -0.05) is 20.8 Å². The van der Waals surface area contributed by atoms with Crippen LogP contribution in [0.5, 0.6) is 5.75 Å². The summed E-state index contributed by atoms with van der Waals surface area (Å²) in [6, 6.07) is 5.39. The largest absolute Gasteiger partial charge is 0.497 e. The summed E-state index contributed by atoms with van der Waals surface area (Å²) in [6.45, 7) is 8.30. The van der Waals surface area contributed by atoms with Crippen molar-refractivity contribution in [1.82, 2.24) is 15.2 Å². The lowest BCUT2D eigenvalue weighted by Gasteiger charge is -2.40. The highest BCUT2D eigenvalue weighted by Gasteiger charge is 2.39. The Morgan fingerprint density at radius 3 is 2.75 bits per heavy atom. The number of carbonyl (C=O) groups is 2. The summed E-state index contributed by atoms with van der Waals surface area (Å²) in [4.78, 5) is 30.3. The van der Waals surface area contributed by atoms with Gasteiger partial charge in [0.2, 0.25) is 12.3 Å². The standard InChI is InChI=1S/C22H31N3O3/c1-6-14(4)23-22(27)20-11-17-16-8-7-15(28-5)10-18(16)24-21(17)19(9-13(2)3)25(20)12-26/h7-8,10,12-14,19-20,24H,6,9,11H2,1-5H3,(H,23,27). The topological polar surface area (TPSA) is 74.4 Å². The molecule has 0 radical (unpaired) electrons. The van der Waals surface area contributed by atoms with Gasteiger partial charge in [-0.05, 0) is 43.4 Å². The quantitative estimate of drug-likeness (QED) is 0.716. The zero-order valence-corrected chi connectivity index (χ0v) is 17.4. The minimum atomic E-state index is -0.496. The molecule has 0 saturated carbocycles. The first kappa shape index (κ1) is 20.2. The van der Waals surface area contributed by atoms with Gasteiger partial charge < -0.3 is 19.9 Å². The van der Waals surface area contributed by atoms with E-state index in [4.69, 9.17) is 4.74 Å². The maximum Gasteiger partial charge on any atom is 0.243 e. The maximum atomic E-state index is 13.0. The summed E-state index contributed by atoms with van der Waals surface area (Å²) in [5, 5.41) is 4.15. The van der Waals surface area contributed by atoms with E-state index in [1.54, 1.807) is 12.0 Å². The van der Waals surface area contributed by atoms with Gasteiger partial charge in [-0.2, -0.15) is 0 Å². The normalized spacial score (nSPS) is 20.1. The molecule has 6 heteroatoms. The third kappa shape index (κ3) is 3.73. The fourth-order valence-electron chi connectivity index (χ4n) is 4.05. The molecule has 0 aliphatic carbocycles. The Balaban J connectivity index is 2.08. The van der Waals surface area contributed by atoms with Crippen LogP contribution in [0.1, 0.15) is 57.8 Å². The van der Waals surface area contributed by atoms with E-state index in [0.717, 1.165) is 47.2 Å². The van der Waals surface area contributed by atoms with E-state index in [-0.39, 0.29) is 18.0 Å². The summed E-state index contributed by atoms with van der Waals surface area (Å²) < 4.78 is 5.35. The molecular weight excluding hydrogens is 354 g/mol. The van der Waals surface area contributed by atoms with Crippen molar-refractivity contribution < 1.29 is 14.3 Å². The number of methoxy groups -OCH3 is 1. The Morgan fingerprint density at radius 2 is 2.14 bits per heavy atom. The number of nitrogens with zero attached hydrogens (tertiary/aromatic N) is 1. The van der Waals surface area contributed by atoms with Crippen molar-refractivity contribution in [1.29, 1.82) is 0 Å². The molecule has 1 aliphatic rings. The number of aromatic amines is 1. The first-order chi connectivity index (χ1) is 13.4. The van der Waals surface area contributed by atoms with Crippen molar-refractivity contribution >= 4 is 23.2 Å². The lowest BCUT2D eigenvalue weighted by molar-refractivity contribution is -0.136. The predicted octanol–water partition coefficient (Wildman–Crippen LogP) is 3.56. The second kappa shape index (κ2) is 8.25. The minimum Gasteiger partial charge on any atom is -0.497 e. The first-order valence-corrected chi connectivity index (χ1v) is 10.1. The van der Waals surface area contributed by atoms with Crippen LogP contribution in [-0.2, 0) is 16.0 Å². The lowest BCUT2D eigenvalue weighted by atomic mass is 9.87. The third-order valence-corrected chi connectivity index (χ3v) is 5.72. The monoisotopic (exact) mass is 385 g/mol. The smallest absolute Gasteiger partial charge is 0.243 e. The molecular formula is C22H31N3O3. The van der Waals surface area contributed by atoms with Gasteiger partial charge in [0.1, 0.15) is 11.8 Å². The van der Waals surface area contributed by atoms with Crippen LogP contribution in [-0.4, -0.2) is 41.4 Å². The summed E-state index contributed by atoms with van der Waals surface area (Å²) in [5.41, 5.74) is 3.15. The average molecular weight is 386 g/mol. The van der Waals surface area contributed by atoms with Gasteiger partial charge in [-0.15, -0.1) is 0 Å². The number of nitrogens with one attached hydrogen (secondary N) is 2. The lowest BCUT2D eigenvalue weighted by Crippen LogP contribution is -2.53. The van der Waals surface area contributed by atoms with Crippen LogP contribution in [0, 0.1) is 5.92 Å². The Kier molecular flexibility index (Phi) is 5.96. The van der Waals surface area contributed by atoms with Crippen LogP contribution in [0.15, 0.2) is 18.2 Å². The van der Waals surface area contributed by atoms with Crippen molar-refractivity contribution in [3.8, 4) is 5.75 Å². The fraction of sp³-hybridized carbons (Fsp3) is 0.545. The Bertz CT molecular complexity index is 858. The summed E-state index contributed by atoms with van der Waals surface area (Å²) in [6.07, 6.45) is 3.00. The van der Waals surface area contributed by atoms with E-state index in [9.17, 15) is 9.59 Å². The highest BCUT2D eigenvalue weighted by molar-refractivity contribution is 5.90. The van der Waals surface area contributed by atoms with Gasteiger partial charge >= 0.3 is 0 Å². The van der Waals surface area contributed by atoms with Crippen molar-refractivity contribution in [3.05, 3.63) is 29.5 Å². The molecule has 2 aromatic rings. The predicted molar refractivity (Wildman–Crippen MR) is 110 cm³/mol. The van der Waals surface area contributed by atoms with E-state index in [1.165, 1.54) is 0 Å². The molecule has 2 amide bonds. The number of carbonyl (C=O) groups excluding carboxylic acids is 2. The number of hydrogen-bond acceptors (Lipinski definition) is 3. The Labute approximate surface area is 166 Å². The van der Waals surface area contributed by atoms with Gasteiger partial charge in [0.25, 0.3) is 0 Å². The van der Waals surface area contributed by atoms with Crippen LogP contribution < -0.4 is 10.1 Å². The van der Waals surface area contributed by atoms with Gasteiger partial charge in [-0.3, -0.25) is 9.59 Å². The van der Waals surface area contributed by atoms with Gasteiger partial charge in [0.05, 0.1) is 13.2 Å². The third-order valence-electron chi connectivity index (χ3n) is 5.72. The summed E-state index contributed by atoms with van der Waals surface area (Å²) in [5.74, 6) is 1.09. The van der Waals surface area contributed by atoms with Crippen molar-refractivity contribution in [2.24, 2.45) is 5.92 Å².